The topological polar surface area (TPSA) is 52.3 Å². The Kier molecular flexibility index (Phi) is 8.89. The predicted molar refractivity (Wildman–Crippen MR) is 78.9 cm³/mol. The molecule has 0 aromatic carbocycles. The number of ether oxygens (including phenoxy) is 1. The van der Waals surface area contributed by atoms with Crippen LogP contribution in [0.2, 0.25) is 0 Å². The van der Waals surface area contributed by atoms with Gasteiger partial charge < -0.3 is 10.5 Å². The van der Waals surface area contributed by atoms with Gasteiger partial charge in [-0.05, 0) is 51.0 Å². The summed E-state index contributed by atoms with van der Waals surface area (Å²) in [5.41, 5.74) is 5.62. The first-order valence-corrected chi connectivity index (χ1v) is 8.15. The van der Waals surface area contributed by atoms with Gasteiger partial charge in [-0.25, -0.2) is 0 Å². The lowest BCUT2D eigenvalue weighted by molar-refractivity contribution is -0.150. The van der Waals surface area contributed by atoms with Gasteiger partial charge in [0.2, 0.25) is 0 Å². The molecular formula is C16H31NO2. The largest absolute Gasteiger partial charge is 0.462 e. The Labute approximate surface area is 118 Å². The Morgan fingerprint density at radius 1 is 1.16 bits per heavy atom. The number of nitrogens with two attached hydrogens (primary N) is 1. The zero-order valence-electron chi connectivity index (χ0n) is 12.5. The summed E-state index contributed by atoms with van der Waals surface area (Å²) in [6.45, 7) is 2.91. The van der Waals surface area contributed by atoms with Crippen molar-refractivity contribution in [2.75, 3.05) is 6.54 Å². The number of hydrogen-bond acceptors (Lipinski definition) is 3. The highest BCUT2D eigenvalue weighted by Gasteiger charge is 2.17. The molecule has 1 aliphatic rings. The van der Waals surface area contributed by atoms with Crippen LogP contribution in [0.3, 0.4) is 0 Å². The standard InChI is InChI=1S/C16H31NO2/c1-2-7-14(12-13-17)10-11-16(18)19-15-8-5-3-4-6-9-15/h14-15H,2-13,17H2,1H3. The number of esters is 1. The van der Waals surface area contributed by atoms with Crippen LogP contribution in [0.1, 0.15) is 77.6 Å². The van der Waals surface area contributed by atoms with Gasteiger partial charge in [0.15, 0.2) is 0 Å². The van der Waals surface area contributed by atoms with Crippen LogP contribution in [0.5, 0.6) is 0 Å². The molecule has 0 radical (unpaired) electrons. The summed E-state index contributed by atoms with van der Waals surface area (Å²) < 4.78 is 5.61. The van der Waals surface area contributed by atoms with E-state index in [0.29, 0.717) is 12.3 Å². The Balaban J connectivity index is 2.21. The van der Waals surface area contributed by atoms with Gasteiger partial charge in [-0.15, -0.1) is 0 Å². The maximum absolute atomic E-state index is 11.9. The van der Waals surface area contributed by atoms with E-state index in [9.17, 15) is 4.79 Å². The molecule has 0 spiro atoms. The monoisotopic (exact) mass is 269 g/mol. The van der Waals surface area contributed by atoms with Gasteiger partial charge in [-0.1, -0.05) is 32.6 Å². The molecule has 3 heteroatoms. The van der Waals surface area contributed by atoms with E-state index in [1.54, 1.807) is 0 Å². The molecule has 1 fully saturated rings. The van der Waals surface area contributed by atoms with Crippen LogP contribution in [0, 0.1) is 5.92 Å². The van der Waals surface area contributed by atoms with Gasteiger partial charge in [-0.2, -0.15) is 0 Å². The Bertz CT molecular complexity index is 229. The third-order valence-electron chi connectivity index (χ3n) is 4.13. The van der Waals surface area contributed by atoms with Crippen LogP contribution in [-0.4, -0.2) is 18.6 Å². The van der Waals surface area contributed by atoms with Gasteiger partial charge in [0.25, 0.3) is 0 Å². The van der Waals surface area contributed by atoms with Gasteiger partial charge >= 0.3 is 5.97 Å². The molecule has 1 aliphatic carbocycles. The first kappa shape index (κ1) is 16.5. The minimum Gasteiger partial charge on any atom is -0.462 e. The predicted octanol–water partition coefficient (Wildman–Crippen LogP) is 3.80. The van der Waals surface area contributed by atoms with E-state index in [-0.39, 0.29) is 12.1 Å². The Morgan fingerprint density at radius 3 is 2.42 bits per heavy atom. The molecule has 1 rings (SSSR count). The molecule has 19 heavy (non-hydrogen) atoms. The van der Waals surface area contributed by atoms with Crippen LogP contribution < -0.4 is 5.73 Å². The van der Waals surface area contributed by atoms with Crippen molar-refractivity contribution in [1.29, 1.82) is 0 Å². The fourth-order valence-electron chi connectivity index (χ4n) is 3.00. The molecule has 0 bridgehead atoms. The number of hydrogen-bond donors (Lipinski definition) is 1. The van der Waals surface area contributed by atoms with Crippen molar-refractivity contribution in [1.82, 2.24) is 0 Å². The van der Waals surface area contributed by atoms with Crippen molar-refractivity contribution < 1.29 is 9.53 Å². The third-order valence-corrected chi connectivity index (χ3v) is 4.13. The molecular weight excluding hydrogens is 238 g/mol. The van der Waals surface area contributed by atoms with Crippen LogP contribution in [0.25, 0.3) is 0 Å². The summed E-state index contributed by atoms with van der Waals surface area (Å²) in [5.74, 6) is 0.599. The van der Waals surface area contributed by atoms with Crippen LogP contribution >= 0.6 is 0 Å². The molecule has 0 heterocycles. The van der Waals surface area contributed by atoms with E-state index >= 15 is 0 Å². The lowest BCUT2D eigenvalue weighted by atomic mass is 9.94. The minimum absolute atomic E-state index is 0.00465. The summed E-state index contributed by atoms with van der Waals surface area (Å²) in [6.07, 6.45) is 12.2. The average Bonchev–Trinajstić information content (AvgIpc) is 2.65. The fourth-order valence-corrected chi connectivity index (χ4v) is 3.00. The Morgan fingerprint density at radius 2 is 1.84 bits per heavy atom. The Hall–Kier alpha value is -0.570. The lowest BCUT2D eigenvalue weighted by Gasteiger charge is -2.18. The fraction of sp³-hybridized carbons (Fsp3) is 0.938. The number of carbonyl (C=O) groups is 1. The van der Waals surface area contributed by atoms with Gasteiger partial charge in [0.05, 0.1) is 0 Å². The summed E-state index contributed by atoms with van der Waals surface area (Å²) in [6, 6.07) is 0. The highest BCUT2D eigenvalue weighted by Crippen LogP contribution is 2.22. The molecule has 0 amide bonds. The van der Waals surface area contributed by atoms with Gasteiger partial charge in [0.1, 0.15) is 6.10 Å². The molecule has 1 saturated carbocycles. The molecule has 3 nitrogen and oxygen atoms in total. The highest BCUT2D eigenvalue weighted by molar-refractivity contribution is 5.69. The van der Waals surface area contributed by atoms with E-state index in [1.807, 2.05) is 0 Å². The third kappa shape index (κ3) is 7.56. The SMILES string of the molecule is CCCC(CCN)CCC(=O)OC1CCCCCC1. The second kappa shape index (κ2) is 10.2. The van der Waals surface area contributed by atoms with E-state index < -0.39 is 0 Å². The molecule has 1 atom stereocenters. The summed E-state index contributed by atoms with van der Waals surface area (Å²) in [4.78, 5) is 11.9. The zero-order chi connectivity index (χ0) is 13.9. The van der Waals surface area contributed by atoms with Crippen LogP contribution in [0.15, 0.2) is 0 Å². The second-order valence-electron chi connectivity index (χ2n) is 5.87. The van der Waals surface area contributed by atoms with Crippen molar-refractivity contribution >= 4 is 5.97 Å². The highest BCUT2D eigenvalue weighted by atomic mass is 16.5. The zero-order valence-corrected chi connectivity index (χ0v) is 12.5. The quantitative estimate of drug-likeness (QED) is 0.538. The summed E-state index contributed by atoms with van der Waals surface area (Å²) in [5, 5.41) is 0. The maximum atomic E-state index is 11.9. The second-order valence-corrected chi connectivity index (χ2v) is 5.87. The maximum Gasteiger partial charge on any atom is 0.306 e. The molecule has 0 aliphatic heterocycles. The molecule has 112 valence electrons. The molecule has 0 aromatic heterocycles. The van der Waals surface area contributed by atoms with Crippen molar-refractivity contribution in [3.05, 3.63) is 0 Å². The summed E-state index contributed by atoms with van der Waals surface area (Å²) in [7, 11) is 0. The smallest absolute Gasteiger partial charge is 0.306 e. The normalized spacial score (nSPS) is 18.8. The molecule has 1 unspecified atom stereocenters. The van der Waals surface area contributed by atoms with Crippen molar-refractivity contribution in [2.45, 2.75) is 83.7 Å². The minimum atomic E-state index is 0.00465. The van der Waals surface area contributed by atoms with Crippen molar-refractivity contribution in [3.63, 3.8) is 0 Å². The number of rotatable bonds is 8. The number of carbonyl (C=O) groups excluding carboxylic acids is 1. The van der Waals surface area contributed by atoms with E-state index in [2.05, 4.69) is 6.92 Å². The first-order chi connectivity index (χ1) is 9.26. The van der Waals surface area contributed by atoms with Crippen molar-refractivity contribution in [3.8, 4) is 0 Å². The van der Waals surface area contributed by atoms with Gasteiger partial charge in [0, 0.05) is 6.42 Å². The van der Waals surface area contributed by atoms with Gasteiger partial charge in [-0.3, -0.25) is 4.79 Å². The molecule has 2 N–H and O–H groups in total. The van der Waals surface area contributed by atoms with E-state index in [0.717, 1.165) is 32.2 Å². The van der Waals surface area contributed by atoms with E-state index in [4.69, 9.17) is 10.5 Å². The lowest BCUT2D eigenvalue weighted by Crippen LogP contribution is -2.18. The summed E-state index contributed by atoms with van der Waals surface area (Å²) >= 11 is 0. The molecule has 0 saturated heterocycles. The van der Waals surface area contributed by atoms with Crippen molar-refractivity contribution in [2.24, 2.45) is 11.7 Å². The van der Waals surface area contributed by atoms with Crippen LogP contribution in [-0.2, 0) is 9.53 Å². The first-order valence-electron chi connectivity index (χ1n) is 8.15. The molecule has 0 aromatic rings. The van der Waals surface area contributed by atoms with E-state index in [1.165, 1.54) is 38.5 Å². The van der Waals surface area contributed by atoms with Crippen LogP contribution in [0.4, 0.5) is 0 Å². The average molecular weight is 269 g/mol.